The molecule has 3 nitrogen and oxygen atoms in total. The predicted molar refractivity (Wildman–Crippen MR) is 96.8 cm³/mol. The van der Waals surface area contributed by atoms with E-state index in [-0.39, 0.29) is 0 Å². The van der Waals surface area contributed by atoms with Gasteiger partial charge in [0.05, 0.1) is 12.5 Å². The molecule has 1 aromatic carbocycles. The van der Waals surface area contributed by atoms with Crippen LogP contribution in [-0.2, 0) is 19.4 Å². The summed E-state index contributed by atoms with van der Waals surface area (Å²) in [6, 6.07) is 8.75. The van der Waals surface area contributed by atoms with Crippen LogP contribution in [0.4, 0.5) is 0 Å². The van der Waals surface area contributed by atoms with Gasteiger partial charge in [-0.1, -0.05) is 34.1 Å². The van der Waals surface area contributed by atoms with E-state index in [1.807, 2.05) is 6.08 Å². The highest BCUT2D eigenvalue weighted by Gasteiger charge is 2.23. The summed E-state index contributed by atoms with van der Waals surface area (Å²) in [5.74, 6) is 0.600. The van der Waals surface area contributed by atoms with E-state index in [1.165, 1.54) is 23.2 Å². The van der Waals surface area contributed by atoms with Gasteiger partial charge in [0.1, 0.15) is 0 Å². The number of fused-ring (bicyclic) bond motifs is 1. The highest BCUT2D eigenvalue weighted by molar-refractivity contribution is 9.10. The van der Waals surface area contributed by atoms with Crippen LogP contribution in [0.1, 0.15) is 48.4 Å². The first kappa shape index (κ1) is 16.3. The minimum atomic E-state index is 0.600. The molecule has 122 valence electrons. The van der Waals surface area contributed by atoms with Gasteiger partial charge in [0, 0.05) is 16.7 Å². The standard InChI is InChI=1S/C19H23BrN2O/c20-18-9-7-15(8-10-18)16-5-6-17-14-21-22(19(17)13-16)11-3-1-2-4-12-23/h4,7-10,12,14,16,23H,1-3,5-6,11,13H2. The number of aryl methyl sites for hydroxylation is 2. The average Bonchev–Trinajstić information content (AvgIpc) is 2.98. The molecule has 0 bridgehead atoms. The first-order valence-corrected chi connectivity index (χ1v) is 9.15. The van der Waals surface area contributed by atoms with E-state index in [2.05, 4.69) is 56.2 Å². The van der Waals surface area contributed by atoms with E-state index in [0.29, 0.717) is 5.92 Å². The smallest absolute Gasteiger partial charge is 0.0751 e. The molecule has 0 amide bonds. The number of nitrogens with zero attached hydrogens (tertiary/aromatic N) is 2. The molecule has 1 aliphatic rings. The molecule has 0 radical (unpaired) electrons. The summed E-state index contributed by atoms with van der Waals surface area (Å²) in [5.41, 5.74) is 4.27. The predicted octanol–water partition coefficient (Wildman–Crippen LogP) is 5.16. The van der Waals surface area contributed by atoms with Gasteiger partial charge in [0.15, 0.2) is 0 Å². The number of aliphatic hydroxyl groups excluding tert-OH is 1. The number of benzene rings is 1. The Labute approximate surface area is 146 Å². The number of hydrogen-bond acceptors (Lipinski definition) is 2. The van der Waals surface area contributed by atoms with Gasteiger partial charge in [0.2, 0.25) is 0 Å². The van der Waals surface area contributed by atoms with Gasteiger partial charge in [0.25, 0.3) is 0 Å². The van der Waals surface area contributed by atoms with Crippen LogP contribution in [0.5, 0.6) is 0 Å². The Morgan fingerprint density at radius 1 is 1.26 bits per heavy atom. The normalized spacial score (nSPS) is 17.5. The summed E-state index contributed by atoms with van der Waals surface area (Å²) in [7, 11) is 0. The van der Waals surface area contributed by atoms with Crippen LogP contribution in [0.25, 0.3) is 0 Å². The summed E-state index contributed by atoms with van der Waals surface area (Å²) in [6.45, 7) is 0.974. The average molecular weight is 375 g/mol. The van der Waals surface area contributed by atoms with E-state index in [9.17, 15) is 0 Å². The lowest BCUT2D eigenvalue weighted by Crippen LogP contribution is -2.16. The lowest BCUT2D eigenvalue weighted by Gasteiger charge is -2.24. The maximum absolute atomic E-state index is 8.66. The second-order valence-electron chi connectivity index (χ2n) is 6.21. The molecule has 0 aliphatic heterocycles. The van der Waals surface area contributed by atoms with Crippen molar-refractivity contribution in [3.63, 3.8) is 0 Å². The Morgan fingerprint density at radius 2 is 2.09 bits per heavy atom. The molecule has 1 N–H and O–H groups in total. The van der Waals surface area contributed by atoms with Gasteiger partial charge in [-0.3, -0.25) is 4.68 Å². The van der Waals surface area contributed by atoms with Crippen LogP contribution < -0.4 is 0 Å². The van der Waals surface area contributed by atoms with Gasteiger partial charge in [-0.15, -0.1) is 0 Å². The third-order valence-corrected chi connectivity index (χ3v) is 5.20. The summed E-state index contributed by atoms with van der Waals surface area (Å²) < 4.78 is 3.34. The van der Waals surface area contributed by atoms with Gasteiger partial charge in [-0.25, -0.2) is 0 Å². The van der Waals surface area contributed by atoms with Crippen LogP contribution in [0.15, 0.2) is 47.3 Å². The third-order valence-electron chi connectivity index (χ3n) is 4.67. The molecule has 23 heavy (non-hydrogen) atoms. The van der Waals surface area contributed by atoms with E-state index >= 15 is 0 Å². The SMILES string of the molecule is OC=CCCCCn1ncc2c1CC(c1ccc(Br)cc1)CC2. The quantitative estimate of drug-likeness (QED) is 0.559. The van der Waals surface area contributed by atoms with Crippen LogP contribution in [0.2, 0.25) is 0 Å². The molecule has 0 saturated heterocycles. The molecular formula is C19H23BrN2O. The molecule has 1 unspecified atom stereocenters. The van der Waals surface area contributed by atoms with E-state index < -0.39 is 0 Å². The number of unbranched alkanes of at least 4 members (excludes halogenated alkanes) is 2. The summed E-state index contributed by atoms with van der Waals surface area (Å²) in [4.78, 5) is 0. The lowest BCUT2D eigenvalue weighted by atomic mass is 9.83. The Hall–Kier alpha value is -1.55. The number of aromatic nitrogens is 2. The molecule has 0 saturated carbocycles. The summed E-state index contributed by atoms with van der Waals surface area (Å²) in [6.07, 6.45) is 11.5. The zero-order valence-electron chi connectivity index (χ0n) is 13.3. The number of aliphatic hydroxyl groups is 1. The largest absolute Gasteiger partial charge is 0.516 e. The first-order valence-electron chi connectivity index (χ1n) is 8.36. The number of hydrogen-bond donors (Lipinski definition) is 1. The number of rotatable bonds is 6. The molecule has 4 heteroatoms. The second kappa shape index (κ2) is 7.82. The van der Waals surface area contributed by atoms with Crippen molar-refractivity contribution in [2.24, 2.45) is 0 Å². The lowest BCUT2D eigenvalue weighted by molar-refractivity contribution is 0.467. The molecule has 1 heterocycles. The number of halogens is 1. The Bertz CT molecular complexity index is 661. The van der Waals surface area contributed by atoms with Crippen molar-refractivity contribution >= 4 is 15.9 Å². The van der Waals surface area contributed by atoms with Crippen molar-refractivity contribution < 1.29 is 5.11 Å². The number of allylic oxidation sites excluding steroid dienone is 1. The van der Waals surface area contributed by atoms with Crippen LogP contribution >= 0.6 is 15.9 Å². The maximum Gasteiger partial charge on any atom is 0.0751 e. The van der Waals surface area contributed by atoms with Crippen LogP contribution in [-0.4, -0.2) is 14.9 Å². The second-order valence-corrected chi connectivity index (χ2v) is 7.13. The Balaban J connectivity index is 1.65. The van der Waals surface area contributed by atoms with Crippen molar-refractivity contribution in [3.05, 3.63) is 64.1 Å². The first-order chi connectivity index (χ1) is 11.3. The van der Waals surface area contributed by atoms with E-state index in [0.717, 1.165) is 49.4 Å². The monoisotopic (exact) mass is 374 g/mol. The fourth-order valence-corrected chi connectivity index (χ4v) is 3.63. The van der Waals surface area contributed by atoms with Crippen LogP contribution in [0, 0.1) is 0 Å². The van der Waals surface area contributed by atoms with Gasteiger partial charge >= 0.3 is 0 Å². The zero-order valence-corrected chi connectivity index (χ0v) is 14.9. The highest BCUT2D eigenvalue weighted by Crippen LogP contribution is 2.33. The highest BCUT2D eigenvalue weighted by atomic mass is 79.9. The molecule has 1 aliphatic carbocycles. The minimum Gasteiger partial charge on any atom is -0.516 e. The van der Waals surface area contributed by atoms with Crippen molar-refractivity contribution in [1.82, 2.24) is 9.78 Å². The van der Waals surface area contributed by atoms with Gasteiger partial charge in [-0.2, -0.15) is 5.10 Å². The topological polar surface area (TPSA) is 38.0 Å². The van der Waals surface area contributed by atoms with E-state index in [4.69, 9.17) is 5.11 Å². The van der Waals surface area contributed by atoms with Crippen molar-refractivity contribution in [1.29, 1.82) is 0 Å². The van der Waals surface area contributed by atoms with E-state index in [1.54, 1.807) is 0 Å². The minimum absolute atomic E-state index is 0.600. The molecule has 0 fully saturated rings. The van der Waals surface area contributed by atoms with Gasteiger partial charge in [-0.05, 0) is 67.7 Å². The Kier molecular flexibility index (Phi) is 5.55. The van der Waals surface area contributed by atoms with Crippen molar-refractivity contribution in [2.75, 3.05) is 0 Å². The van der Waals surface area contributed by atoms with Crippen molar-refractivity contribution in [3.8, 4) is 0 Å². The molecule has 1 aromatic heterocycles. The molecular weight excluding hydrogens is 352 g/mol. The fourth-order valence-electron chi connectivity index (χ4n) is 3.37. The van der Waals surface area contributed by atoms with Crippen molar-refractivity contribution in [2.45, 2.75) is 51.0 Å². The molecule has 0 spiro atoms. The summed E-state index contributed by atoms with van der Waals surface area (Å²) in [5, 5.41) is 13.3. The summed E-state index contributed by atoms with van der Waals surface area (Å²) >= 11 is 3.51. The Morgan fingerprint density at radius 3 is 2.87 bits per heavy atom. The molecule has 2 aromatic rings. The van der Waals surface area contributed by atoms with Crippen LogP contribution in [0.3, 0.4) is 0 Å². The fraction of sp³-hybridized carbons (Fsp3) is 0.421. The molecule has 3 rings (SSSR count). The zero-order chi connectivity index (χ0) is 16.1. The van der Waals surface area contributed by atoms with Gasteiger partial charge < -0.3 is 5.11 Å². The maximum atomic E-state index is 8.66. The third kappa shape index (κ3) is 4.05. The molecule has 1 atom stereocenters.